The summed E-state index contributed by atoms with van der Waals surface area (Å²) in [5, 5.41) is 0. The predicted molar refractivity (Wildman–Crippen MR) is 86.1 cm³/mol. The van der Waals surface area contributed by atoms with Crippen LogP contribution in [-0.2, 0) is 10.1 Å². The van der Waals surface area contributed by atoms with Crippen LogP contribution in [0.5, 0.6) is 0 Å². The van der Waals surface area contributed by atoms with Gasteiger partial charge in [0.25, 0.3) is 0 Å². The van der Waals surface area contributed by atoms with Gasteiger partial charge in [-0.1, -0.05) is 56.7 Å². The van der Waals surface area contributed by atoms with E-state index in [1.165, 1.54) is 12.8 Å². The van der Waals surface area contributed by atoms with Gasteiger partial charge >= 0.3 is 29.6 Å². The summed E-state index contributed by atoms with van der Waals surface area (Å²) in [5.74, 6) is 0.493. The van der Waals surface area contributed by atoms with E-state index < -0.39 is 10.1 Å². The first kappa shape index (κ1) is 19.5. The average Bonchev–Trinajstić information content (AvgIpc) is 2.55. The third kappa shape index (κ3) is 4.60. The van der Waals surface area contributed by atoms with Gasteiger partial charge < -0.3 is 4.55 Å². The summed E-state index contributed by atoms with van der Waals surface area (Å²) >= 11 is 0. The van der Waals surface area contributed by atoms with E-state index in [1.807, 2.05) is 18.2 Å². The zero-order valence-electron chi connectivity index (χ0n) is 14.1. The molecule has 1 aromatic rings. The van der Waals surface area contributed by atoms with Gasteiger partial charge in [-0.3, -0.25) is 0 Å². The molecule has 23 heavy (non-hydrogen) atoms. The van der Waals surface area contributed by atoms with E-state index >= 15 is 0 Å². The smallest absolute Gasteiger partial charge is 0.744 e. The third-order valence-corrected chi connectivity index (χ3v) is 6.39. The van der Waals surface area contributed by atoms with Gasteiger partial charge in [-0.2, -0.15) is 0 Å². The molecule has 3 rings (SSSR count). The molecule has 0 spiro atoms. The monoisotopic (exact) mass is 344 g/mol. The SMILES string of the molecule is O=S(=O)([O-])c1c(C2CCCCC2)cccc1C1CCCCC1.[Na+]. The Morgan fingerprint density at radius 2 is 1.17 bits per heavy atom. The van der Waals surface area contributed by atoms with Crippen molar-refractivity contribution in [3.63, 3.8) is 0 Å². The van der Waals surface area contributed by atoms with Crippen molar-refractivity contribution in [1.82, 2.24) is 0 Å². The van der Waals surface area contributed by atoms with Crippen LogP contribution >= 0.6 is 0 Å². The van der Waals surface area contributed by atoms with Gasteiger partial charge in [0.15, 0.2) is 0 Å². The normalized spacial score (nSPS) is 20.9. The van der Waals surface area contributed by atoms with Gasteiger partial charge in [-0.15, -0.1) is 0 Å². The Morgan fingerprint density at radius 3 is 1.52 bits per heavy atom. The van der Waals surface area contributed by atoms with E-state index in [1.54, 1.807) is 0 Å². The maximum Gasteiger partial charge on any atom is 1.00 e. The minimum Gasteiger partial charge on any atom is -0.744 e. The number of benzene rings is 1. The van der Waals surface area contributed by atoms with Gasteiger partial charge in [0.05, 0.1) is 4.90 Å². The predicted octanol–water partition coefficient (Wildman–Crippen LogP) is 1.69. The first-order valence-corrected chi connectivity index (χ1v) is 10.1. The molecule has 0 radical (unpaired) electrons. The third-order valence-electron chi connectivity index (χ3n) is 5.42. The van der Waals surface area contributed by atoms with Gasteiger partial charge in [-0.05, 0) is 48.6 Å². The van der Waals surface area contributed by atoms with Crippen molar-refractivity contribution in [2.24, 2.45) is 0 Å². The van der Waals surface area contributed by atoms with E-state index in [0.717, 1.165) is 62.5 Å². The molecule has 1 aromatic carbocycles. The van der Waals surface area contributed by atoms with Crippen LogP contribution in [-0.4, -0.2) is 13.0 Å². The van der Waals surface area contributed by atoms with E-state index in [9.17, 15) is 13.0 Å². The molecule has 122 valence electrons. The topological polar surface area (TPSA) is 57.2 Å². The molecule has 0 bridgehead atoms. The van der Waals surface area contributed by atoms with Crippen LogP contribution in [0.25, 0.3) is 0 Å². The van der Waals surface area contributed by atoms with Crippen molar-refractivity contribution >= 4 is 10.1 Å². The zero-order valence-corrected chi connectivity index (χ0v) is 16.9. The molecule has 0 unspecified atom stereocenters. The Kier molecular flexibility index (Phi) is 7.17. The Labute approximate surface area is 162 Å². The molecule has 0 saturated heterocycles. The molecule has 0 atom stereocenters. The minimum absolute atomic E-state index is 0. The van der Waals surface area contributed by atoms with Gasteiger partial charge in [-0.25, -0.2) is 8.42 Å². The first-order chi connectivity index (χ1) is 10.6. The Balaban J connectivity index is 0.00000192. The van der Waals surface area contributed by atoms with E-state index in [2.05, 4.69) is 0 Å². The Morgan fingerprint density at radius 1 is 0.783 bits per heavy atom. The van der Waals surface area contributed by atoms with Crippen molar-refractivity contribution in [2.45, 2.75) is 80.9 Å². The molecule has 2 saturated carbocycles. The summed E-state index contributed by atoms with van der Waals surface area (Å²) < 4.78 is 36.0. The van der Waals surface area contributed by atoms with Crippen molar-refractivity contribution < 1.29 is 42.5 Å². The number of rotatable bonds is 3. The van der Waals surface area contributed by atoms with Crippen molar-refractivity contribution in [2.75, 3.05) is 0 Å². The molecule has 0 aromatic heterocycles. The van der Waals surface area contributed by atoms with E-state index in [-0.39, 0.29) is 46.3 Å². The van der Waals surface area contributed by atoms with Crippen molar-refractivity contribution in [3.05, 3.63) is 29.3 Å². The van der Waals surface area contributed by atoms with Crippen LogP contribution in [0.3, 0.4) is 0 Å². The van der Waals surface area contributed by atoms with E-state index in [0.29, 0.717) is 0 Å². The largest absolute Gasteiger partial charge is 1.00 e. The van der Waals surface area contributed by atoms with Gasteiger partial charge in [0.2, 0.25) is 0 Å². The second-order valence-corrected chi connectivity index (χ2v) is 8.21. The molecular formula is C18H25NaO3S. The number of hydrogen-bond acceptors (Lipinski definition) is 3. The standard InChI is InChI=1S/C18H26O3S.Na/c19-22(20,21)18-16(14-8-3-1-4-9-14)12-7-13-17(18)15-10-5-2-6-11-15;/h7,12-15H,1-6,8-11H2,(H,19,20,21);/q;+1/p-1. The zero-order chi connectivity index (χ0) is 15.6. The van der Waals surface area contributed by atoms with Gasteiger partial charge in [0, 0.05) is 0 Å². The van der Waals surface area contributed by atoms with Crippen LogP contribution in [0.2, 0.25) is 0 Å². The summed E-state index contributed by atoms with van der Waals surface area (Å²) in [7, 11) is -4.41. The Bertz CT molecular complexity index is 579. The molecular weight excluding hydrogens is 319 g/mol. The van der Waals surface area contributed by atoms with Crippen LogP contribution in [0.15, 0.2) is 23.1 Å². The van der Waals surface area contributed by atoms with Gasteiger partial charge in [0.1, 0.15) is 10.1 Å². The first-order valence-electron chi connectivity index (χ1n) is 8.66. The van der Waals surface area contributed by atoms with Crippen LogP contribution in [0, 0.1) is 0 Å². The van der Waals surface area contributed by atoms with Crippen molar-refractivity contribution in [3.8, 4) is 0 Å². The van der Waals surface area contributed by atoms with E-state index in [4.69, 9.17) is 0 Å². The molecule has 0 N–H and O–H groups in total. The molecule has 0 amide bonds. The molecule has 3 nitrogen and oxygen atoms in total. The maximum atomic E-state index is 12.0. The van der Waals surface area contributed by atoms with Crippen LogP contribution in [0.4, 0.5) is 0 Å². The molecule has 2 fully saturated rings. The molecule has 0 heterocycles. The summed E-state index contributed by atoms with van der Waals surface area (Å²) in [6.45, 7) is 0. The second kappa shape index (κ2) is 8.48. The summed E-state index contributed by atoms with van der Waals surface area (Å²) in [4.78, 5) is 0.133. The minimum atomic E-state index is -4.41. The molecule has 5 heteroatoms. The second-order valence-electron chi connectivity index (χ2n) is 6.89. The summed E-state index contributed by atoms with van der Waals surface area (Å²) in [6.07, 6.45) is 11.0. The summed E-state index contributed by atoms with van der Waals surface area (Å²) in [6, 6.07) is 5.72. The number of hydrogen-bond donors (Lipinski definition) is 0. The fourth-order valence-electron chi connectivity index (χ4n) is 4.33. The fraction of sp³-hybridized carbons (Fsp3) is 0.667. The average molecular weight is 344 g/mol. The summed E-state index contributed by atoms with van der Waals surface area (Å²) in [5.41, 5.74) is 1.61. The van der Waals surface area contributed by atoms with Crippen LogP contribution < -0.4 is 29.6 Å². The maximum absolute atomic E-state index is 12.0. The van der Waals surface area contributed by atoms with Crippen molar-refractivity contribution in [1.29, 1.82) is 0 Å². The van der Waals surface area contributed by atoms with Crippen LogP contribution in [0.1, 0.15) is 87.2 Å². The Hall–Kier alpha value is 0.130. The molecule has 0 aliphatic heterocycles. The quantitative estimate of drug-likeness (QED) is 0.619. The molecule has 2 aliphatic rings. The molecule has 2 aliphatic carbocycles. The fourth-order valence-corrected chi connectivity index (χ4v) is 5.38.